The number of nitrogens with one attached hydrogen (secondary N) is 2. The fourth-order valence-electron chi connectivity index (χ4n) is 2.26. The van der Waals surface area contributed by atoms with E-state index in [4.69, 9.17) is 5.41 Å². The summed E-state index contributed by atoms with van der Waals surface area (Å²) in [7, 11) is 1.69. The van der Waals surface area contributed by atoms with Gasteiger partial charge in [0.15, 0.2) is 5.82 Å². The van der Waals surface area contributed by atoms with Gasteiger partial charge in [-0.25, -0.2) is 4.98 Å². The maximum absolute atomic E-state index is 7.52. The molecule has 0 amide bonds. The molecule has 3 aromatic rings. The Morgan fingerprint density at radius 3 is 2.67 bits per heavy atom. The van der Waals surface area contributed by atoms with Crippen LogP contribution in [0.1, 0.15) is 17.2 Å². The summed E-state index contributed by atoms with van der Waals surface area (Å²) in [6.07, 6.45) is 4.79. The largest absolute Gasteiger partial charge is 0.323 e. The van der Waals surface area contributed by atoms with Crippen LogP contribution in [0.15, 0.2) is 41.5 Å². The minimum absolute atomic E-state index is 0.201. The molecular weight excluding hydrogens is 302 g/mol. The van der Waals surface area contributed by atoms with E-state index in [9.17, 15) is 0 Å². The smallest absolute Gasteiger partial charge is 0.154 e. The molecule has 3 rings (SSSR count). The van der Waals surface area contributed by atoms with E-state index >= 15 is 0 Å². The maximum atomic E-state index is 7.52. The number of aromatic nitrogens is 4. The maximum Gasteiger partial charge on any atom is 0.154 e. The number of pyridine rings is 2. The highest BCUT2D eigenvalue weighted by molar-refractivity contribution is 5.90. The summed E-state index contributed by atoms with van der Waals surface area (Å²) in [4.78, 5) is 13.0. The number of hydrogen-bond acceptors (Lipinski definition) is 7. The van der Waals surface area contributed by atoms with E-state index in [1.807, 2.05) is 37.3 Å². The highest BCUT2D eigenvalue weighted by Gasteiger charge is 2.08. The molecule has 2 N–H and O–H groups in total. The molecule has 0 saturated heterocycles. The Bertz CT molecular complexity index is 887. The first kappa shape index (κ1) is 15.7. The van der Waals surface area contributed by atoms with Gasteiger partial charge in [-0.2, -0.15) is 5.10 Å². The van der Waals surface area contributed by atoms with Crippen LogP contribution in [0.4, 0.5) is 11.6 Å². The van der Waals surface area contributed by atoms with Gasteiger partial charge in [-0.05, 0) is 42.8 Å². The highest BCUT2D eigenvalue weighted by atomic mass is 15.2. The fourth-order valence-corrected chi connectivity index (χ4v) is 2.26. The topological polar surface area (TPSA) is 99.8 Å². The van der Waals surface area contributed by atoms with Crippen LogP contribution in [0.25, 0.3) is 11.0 Å². The van der Waals surface area contributed by atoms with Crippen LogP contribution >= 0.6 is 0 Å². The molecule has 7 nitrogen and oxygen atoms in total. The van der Waals surface area contributed by atoms with Crippen LogP contribution in [0.3, 0.4) is 0 Å². The predicted octanol–water partition coefficient (Wildman–Crippen LogP) is 2.91. The van der Waals surface area contributed by atoms with Gasteiger partial charge in [0.2, 0.25) is 0 Å². The molecule has 0 fully saturated rings. The van der Waals surface area contributed by atoms with Crippen LogP contribution in [0.2, 0.25) is 0 Å². The molecule has 7 heteroatoms. The van der Waals surface area contributed by atoms with Crippen LogP contribution < -0.4 is 5.32 Å². The quantitative estimate of drug-likeness (QED) is 0.704. The molecule has 3 aromatic heterocycles. The zero-order valence-electron chi connectivity index (χ0n) is 13.4. The van der Waals surface area contributed by atoms with Crippen LogP contribution in [-0.2, 0) is 0 Å². The van der Waals surface area contributed by atoms with Crippen molar-refractivity contribution in [1.29, 1.82) is 5.41 Å². The number of aliphatic imine (C=N–C) groups is 1. The van der Waals surface area contributed by atoms with E-state index in [0.29, 0.717) is 11.6 Å². The molecule has 0 radical (unpaired) electrons. The van der Waals surface area contributed by atoms with E-state index in [1.54, 1.807) is 19.5 Å². The van der Waals surface area contributed by atoms with E-state index in [1.165, 1.54) is 6.21 Å². The first-order valence-electron chi connectivity index (χ1n) is 7.46. The highest BCUT2D eigenvalue weighted by Crippen LogP contribution is 2.20. The first-order valence-corrected chi connectivity index (χ1v) is 7.46. The van der Waals surface area contributed by atoms with Gasteiger partial charge in [-0.15, -0.1) is 5.10 Å². The molecule has 0 aliphatic rings. The van der Waals surface area contributed by atoms with Crippen molar-refractivity contribution >= 4 is 35.1 Å². The lowest BCUT2D eigenvalue weighted by molar-refractivity contribution is 0.984. The number of fused-ring (bicyclic) bond motifs is 1. The first-order chi connectivity index (χ1) is 11.7. The third-order valence-corrected chi connectivity index (χ3v) is 3.49. The van der Waals surface area contributed by atoms with Crippen molar-refractivity contribution in [3.8, 4) is 0 Å². The number of anilines is 2. The normalized spacial score (nSPS) is 12.4. The Hall–Kier alpha value is -3.22. The SMILES string of the molecule is CN=CC(C=N)c1cnc2ccc(Nc3ccc(C)nn3)nc2c1. The molecule has 24 heavy (non-hydrogen) atoms. The van der Waals surface area contributed by atoms with Crippen molar-refractivity contribution < 1.29 is 0 Å². The fraction of sp³-hybridized carbons (Fsp3) is 0.176. The zero-order valence-corrected chi connectivity index (χ0v) is 13.4. The Labute approximate surface area is 139 Å². The summed E-state index contributed by atoms with van der Waals surface area (Å²) in [5.74, 6) is 1.09. The molecule has 1 atom stereocenters. The second kappa shape index (κ2) is 6.91. The summed E-state index contributed by atoms with van der Waals surface area (Å²) >= 11 is 0. The summed E-state index contributed by atoms with van der Waals surface area (Å²) in [5.41, 5.74) is 3.27. The van der Waals surface area contributed by atoms with Gasteiger partial charge in [0.1, 0.15) is 5.82 Å². The van der Waals surface area contributed by atoms with Gasteiger partial charge in [-0.3, -0.25) is 9.98 Å². The van der Waals surface area contributed by atoms with E-state index in [0.717, 1.165) is 22.3 Å². The minimum Gasteiger partial charge on any atom is -0.323 e. The lowest BCUT2D eigenvalue weighted by atomic mass is 10.0. The van der Waals surface area contributed by atoms with Gasteiger partial charge in [0.25, 0.3) is 0 Å². The molecule has 120 valence electrons. The zero-order chi connectivity index (χ0) is 16.9. The standard InChI is InChI=1S/C17H17N7/c1-11-3-5-17(24-23-11)22-16-6-4-14-15(21-16)7-12(10-20-14)13(8-18)9-19-2/h3-10,13,18H,1-2H3,(H,21,22,24). The van der Waals surface area contributed by atoms with Gasteiger partial charge in [0.05, 0.1) is 22.6 Å². The van der Waals surface area contributed by atoms with Gasteiger partial charge in [0, 0.05) is 25.7 Å². The van der Waals surface area contributed by atoms with Crippen LogP contribution in [0, 0.1) is 12.3 Å². The Morgan fingerprint density at radius 2 is 1.96 bits per heavy atom. The summed E-state index contributed by atoms with van der Waals surface area (Å²) < 4.78 is 0. The molecule has 0 saturated carbocycles. The third-order valence-electron chi connectivity index (χ3n) is 3.49. The van der Waals surface area contributed by atoms with Gasteiger partial charge >= 0.3 is 0 Å². The Balaban J connectivity index is 1.93. The Morgan fingerprint density at radius 1 is 1.12 bits per heavy atom. The summed E-state index contributed by atoms with van der Waals surface area (Å²) in [6, 6.07) is 9.40. The third kappa shape index (κ3) is 3.40. The Kier molecular flexibility index (Phi) is 4.51. The van der Waals surface area contributed by atoms with E-state index < -0.39 is 0 Å². The average molecular weight is 319 g/mol. The van der Waals surface area contributed by atoms with Crippen molar-refractivity contribution in [2.75, 3.05) is 12.4 Å². The molecule has 0 bridgehead atoms. The molecule has 3 heterocycles. The summed E-state index contributed by atoms with van der Waals surface area (Å²) in [6.45, 7) is 1.89. The number of aryl methyl sites for hydroxylation is 1. The minimum atomic E-state index is -0.201. The summed E-state index contributed by atoms with van der Waals surface area (Å²) in [5, 5.41) is 18.7. The van der Waals surface area contributed by atoms with Crippen molar-refractivity contribution in [1.82, 2.24) is 20.2 Å². The number of nitrogens with zero attached hydrogens (tertiary/aromatic N) is 5. The van der Waals surface area contributed by atoms with Crippen molar-refractivity contribution in [3.05, 3.63) is 47.8 Å². The predicted molar refractivity (Wildman–Crippen MR) is 95.5 cm³/mol. The lowest BCUT2D eigenvalue weighted by Gasteiger charge is -2.08. The van der Waals surface area contributed by atoms with E-state index in [-0.39, 0.29) is 5.92 Å². The van der Waals surface area contributed by atoms with Crippen LogP contribution in [0.5, 0.6) is 0 Å². The van der Waals surface area contributed by atoms with Crippen LogP contribution in [-0.4, -0.2) is 39.6 Å². The number of hydrogen-bond donors (Lipinski definition) is 2. The molecular formula is C17H17N7. The average Bonchev–Trinajstić information content (AvgIpc) is 2.61. The molecule has 1 unspecified atom stereocenters. The molecule has 0 spiro atoms. The van der Waals surface area contributed by atoms with Gasteiger partial charge < -0.3 is 10.7 Å². The van der Waals surface area contributed by atoms with Crippen molar-refractivity contribution in [3.63, 3.8) is 0 Å². The molecule has 0 aromatic carbocycles. The van der Waals surface area contributed by atoms with E-state index in [2.05, 4.69) is 30.5 Å². The second-order valence-corrected chi connectivity index (χ2v) is 5.29. The molecule has 0 aliphatic carbocycles. The van der Waals surface area contributed by atoms with Crippen molar-refractivity contribution in [2.24, 2.45) is 4.99 Å². The lowest BCUT2D eigenvalue weighted by Crippen LogP contribution is -2.03. The number of rotatable bonds is 5. The molecule has 0 aliphatic heterocycles. The van der Waals surface area contributed by atoms with Crippen molar-refractivity contribution in [2.45, 2.75) is 12.8 Å². The monoisotopic (exact) mass is 319 g/mol. The van der Waals surface area contributed by atoms with Gasteiger partial charge in [-0.1, -0.05) is 0 Å². The second-order valence-electron chi connectivity index (χ2n) is 5.29.